The summed E-state index contributed by atoms with van der Waals surface area (Å²) in [5.41, 5.74) is -1.01. The standard InChI is InChI=1S/C10H6F3N3O3/c11-10(12,13)5-1-2-7-6(3-5)8(14-4-17)15-16(7)9(18)19/h1-4H,(H,18,19)(H,14,15,17). The minimum atomic E-state index is -4.57. The summed E-state index contributed by atoms with van der Waals surface area (Å²) in [5, 5.41) is 14.3. The van der Waals surface area contributed by atoms with Gasteiger partial charge in [0.2, 0.25) is 6.41 Å². The number of fused-ring (bicyclic) bond motifs is 1. The fourth-order valence-electron chi connectivity index (χ4n) is 1.60. The van der Waals surface area contributed by atoms with Gasteiger partial charge in [0.25, 0.3) is 0 Å². The van der Waals surface area contributed by atoms with Crippen LogP contribution in [0.5, 0.6) is 0 Å². The van der Waals surface area contributed by atoms with Gasteiger partial charge < -0.3 is 10.4 Å². The highest BCUT2D eigenvalue weighted by Crippen LogP contribution is 2.33. The Morgan fingerprint density at radius 2 is 2.11 bits per heavy atom. The van der Waals surface area contributed by atoms with E-state index in [0.29, 0.717) is 4.68 Å². The Hall–Kier alpha value is -2.58. The number of carbonyl (C=O) groups excluding carboxylic acids is 1. The van der Waals surface area contributed by atoms with Crippen LogP contribution in [-0.4, -0.2) is 27.4 Å². The van der Waals surface area contributed by atoms with Crippen LogP contribution >= 0.6 is 0 Å². The number of halogens is 3. The lowest BCUT2D eigenvalue weighted by Crippen LogP contribution is -2.10. The molecule has 1 heterocycles. The number of nitrogens with one attached hydrogen (secondary N) is 1. The maximum atomic E-state index is 12.6. The van der Waals surface area contributed by atoms with Crippen molar-refractivity contribution in [2.45, 2.75) is 6.18 Å². The maximum absolute atomic E-state index is 12.6. The predicted octanol–water partition coefficient (Wildman–Crippen LogP) is 2.15. The molecule has 2 aromatic rings. The molecule has 0 aliphatic rings. The molecule has 0 saturated carbocycles. The zero-order chi connectivity index (χ0) is 14.2. The molecule has 2 rings (SSSR count). The number of carboxylic acid groups (broad SMARTS) is 1. The number of benzene rings is 1. The topological polar surface area (TPSA) is 84.2 Å². The Bertz CT molecular complexity index is 663. The molecule has 0 radical (unpaired) electrons. The van der Waals surface area contributed by atoms with Crippen LogP contribution in [0.25, 0.3) is 10.9 Å². The monoisotopic (exact) mass is 273 g/mol. The highest BCUT2D eigenvalue weighted by atomic mass is 19.4. The minimum absolute atomic E-state index is 0.0511. The molecular weight excluding hydrogens is 267 g/mol. The molecule has 0 saturated heterocycles. The maximum Gasteiger partial charge on any atom is 0.432 e. The molecule has 19 heavy (non-hydrogen) atoms. The van der Waals surface area contributed by atoms with Gasteiger partial charge in [0, 0.05) is 5.39 Å². The summed E-state index contributed by atoms with van der Waals surface area (Å²) in [7, 11) is 0. The van der Waals surface area contributed by atoms with Crippen LogP contribution in [0.4, 0.5) is 23.8 Å². The molecule has 0 aliphatic carbocycles. The minimum Gasteiger partial charge on any atom is -0.463 e. The van der Waals surface area contributed by atoms with Gasteiger partial charge in [0.1, 0.15) is 0 Å². The summed E-state index contributed by atoms with van der Waals surface area (Å²) in [6.07, 6.45) is -5.84. The van der Waals surface area contributed by atoms with Gasteiger partial charge >= 0.3 is 12.3 Å². The van der Waals surface area contributed by atoms with Crippen molar-refractivity contribution >= 4 is 29.2 Å². The predicted molar refractivity (Wildman–Crippen MR) is 57.8 cm³/mol. The first kappa shape index (κ1) is 12.9. The fraction of sp³-hybridized carbons (Fsp3) is 0.100. The van der Waals surface area contributed by atoms with Crippen molar-refractivity contribution in [2.24, 2.45) is 0 Å². The Kier molecular flexibility index (Phi) is 2.89. The smallest absolute Gasteiger partial charge is 0.432 e. The number of carbonyl (C=O) groups is 2. The van der Waals surface area contributed by atoms with E-state index in [1.54, 1.807) is 0 Å². The molecule has 2 N–H and O–H groups in total. The summed E-state index contributed by atoms with van der Waals surface area (Å²) in [5.74, 6) is -0.251. The van der Waals surface area contributed by atoms with Crippen molar-refractivity contribution in [3.8, 4) is 0 Å². The zero-order valence-electron chi connectivity index (χ0n) is 9.10. The Morgan fingerprint density at radius 1 is 1.42 bits per heavy atom. The van der Waals surface area contributed by atoms with E-state index in [1.807, 2.05) is 0 Å². The molecule has 100 valence electrons. The van der Waals surface area contributed by atoms with Gasteiger partial charge in [-0.1, -0.05) is 0 Å². The van der Waals surface area contributed by atoms with Crippen molar-refractivity contribution in [2.75, 3.05) is 5.32 Å². The number of alkyl halides is 3. The van der Waals surface area contributed by atoms with Crippen LogP contribution in [-0.2, 0) is 11.0 Å². The van der Waals surface area contributed by atoms with Crippen LogP contribution in [0.15, 0.2) is 18.2 Å². The quantitative estimate of drug-likeness (QED) is 0.821. The van der Waals surface area contributed by atoms with Gasteiger partial charge in [0.15, 0.2) is 5.82 Å². The number of nitrogens with zero attached hydrogens (tertiary/aromatic N) is 2. The lowest BCUT2D eigenvalue weighted by atomic mass is 10.1. The van der Waals surface area contributed by atoms with E-state index in [4.69, 9.17) is 5.11 Å². The third kappa shape index (κ3) is 2.21. The number of aromatic nitrogens is 2. The van der Waals surface area contributed by atoms with Crippen LogP contribution < -0.4 is 5.32 Å². The van der Waals surface area contributed by atoms with E-state index in [2.05, 4.69) is 10.4 Å². The third-order valence-electron chi connectivity index (χ3n) is 2.38. The van der Waals surface area contributed by atoms with Crippen LogP contribution in [0.3, 0.4) is 0 Å². The second-order valence-corrected chi connectivity index (χ2v) is 3.53. The number of amides is 1. The van der Waals surface area contributed by atoms with E-state index in [-0.39, 0.29) is 23.1 Å². The molecule has 0 unspecified atom stereocenters. The molecular formula is C10H6F3N3O3. The lowest BCUT2D eigenvalue weighted by molar-refractivity contribution is -0.137. The van der Waals surface area contributed by atoms with Crippen molar-refractivity contribution in [1.82, 2.24) is 9.78 Å². The fourth-order valence-corrected chi connectivity index (χ4v) is 1.60. The summed E-state index contributed by atoms with van der Waals surface area (Å²) < 4.78 is 38.2. The summed E-state index contributed by atoms with van der Waals surface area (Å²) in [4.78, 5) is 21.2. The lowest BCUT2D eigenvalue weighted by Gasteiger charge is -2.06. The van der Waals surface area contributed by atoms with Gasteiger partial charge in [-0.3, -0.25) is 4.79 Å². The zero-order valence-corrected chi connectivity index (χ0v) is 9.10. The first-order valence-electron chi connectivity index (χ1n) is 4.88. The van der Waals surface area contributed by atoms with Gasteiger partial charge in [0.05, 0.1) is 11.1 Å². The van der Waals surface area contributed by atoms with E-state index in [1.165, 1.54) is 0 Å². The number of hydrogen-bond acceptors (Lipinski definition) is 3. The van der Waals surface area contributed by atoms with Crippen molar-refractivity contribution in [3.05, 3.63) is 23.8 Å². The van der Waals surface area contributed by atoms with Crippen molar-refractivity contribution < 1.29 is 27.9 Å². The number of rotatable bonds is 2. The molecule has 0 fully saturated rings. The Balaban J connectivity index is 2.72. The summed E-state index contributed by atoms with van der Waals surface area (Å²) >= 11 is 0. The molecule has 0 spiro atoms. The molecule has 1 aromatic carbocycles. The molecule has 0 atom stereocenters. The Labute approximate surface area is 103 Å². The van der Waals surface area contributed by atoms with Crippen LogP contribution in [0.1, 0.15) is 5.56 Å². The second kappa shape index (κ2) is 4.26. The first-order valence-corrected chi connectivity index (χ1v) is 4.88. The second-order valence-electron chi connectivity index (χ2n) is 3.53. The average molecular weight is 273 g/mol. The summed E-state index contributed by atoms with van der Waals surface area (Å²) in [6.45, 7) is 0. The van der Waals surface area contributed by atoms with E-state index in [0.717, 1.165) is 18.2 Å². The largest absolute Gasteiger partial charge is 0.463 e. The highest BCUT2D eigenvalue weighted by Gasteiger charge is 2.31. The highest BCUT2D eigenvalue weighted by molar-refractivity contribution is 5.98. The molecule has 1 aromatic heterocycles. The van der Waals surface area contributed by atoms with E-state index >= 15 is 0 Å². The molecule has 9 heteroatoms. The molecule has 0 aliphatic heterocycles. The first-order chi connectivity index (χ1) is 8.84. The average Bonchev–Trinajstić information content (AvgIpc) is 2.67. The molecule has 1 amide bonds. The normalized spacial score (nSPS) is 11.5. The number of anilines is 1. The van der Waals surface area contributed by atoms with Gasteiger partial charge in [-0.25, -0.2) is 4.79 Å². The van der Waals surface area contributed by atoms with E-state index < -0.39 is 17.8 Å². The molecule has 0 bridgehead atoms. The van der Waals surface area contributed by atoms with Crippen LogP contribution in [0.2, 0.25) is 0 Å². The Morgan fingerprint density at radius 3 is 2.63 bits per heavy atom. The molecule has 6 nitrogen and oxygen atoms in total. The van der Waals surface area contributed by atoms with Crippen LogP contribution in [0, 0.1) is 0 Å². The van der Waals surface area contributed by atoms with Crippen molar-refractivity contribution in [3.63, 3.8) is 0 Å². The van der Waals surface area contributed by atoms with Crippen molar-refractivity contribution in [1.29, 1.82) is 0 Å². The number of hydrogen-bond donors (Lipinski definition) is 2. The third-order valence-corrected chi connectivity index (χ3v) is 2.38. The van der Waals surface area contributed by atoms with Gasteiger partial charge in [-0.05, 0) is 18.2 Å². The summed E-state index contributed by atoms with van der Waals surface area (Å²) in [6, 6.07) is 2.46. The SMILES string of the molecule is O=CNc1nn(C(=O)O)c2ccc(C(F)(F)F)cc12. The van der Waals surface area contributed by atoms with Gasteiger partial charge in [-0.2, -0.15) is 17.9 Å². The van der Waals surface area contributed by atoms with E-state index in [9.17, 15) is 22.8 Å². The van der Waals surface area contributed by atoms with Gasteiger partial charge in [-0.15, -0.1) is 5.10 Å².